The van der Waals surface area contributed by atoms with Crippen molar-refractivity contribution in [2.24, 2.45) is 0 Å². The highest BCUT2D eigenvalue weighted by molar-refractivity contribution is 6.35. The number of alkyl halides is 1. The van der Waals surface area contributed by atoms with Crippen LogP contribution in [0.2, 0.25) is 0 Å². The van der Waals surface area contributed by atoms with Crippen LogP contribution in [0.3, 0.4) is 0 Å². The van der Waals surface area contributed by atoms with E-state index in [0.717, 1.165) is 7.11 Å². The fourth-order valence-corrected chi connectivity index (χ4v) is 1.84. The van der Waals surface area contributed by atoms with Crippen LogP contribution in [0.15, 0.2) is 24.3 Å². The van der Waals surface area contributed by atoms with Crippen molar-refractivity contribution < 1.29 is 28.9 Å². The summed E-state index contributed by atoms with van der Waals surface area (Å²) in [6.07, 6.45) is -1.69. The van der Waals surface area contributed by atoms with E-state index in [9.17, 15) is 9.59 Å². The SMILES string of the molecule is COC(=O)C1(Cl)Oc2ccccc2OC1C(=O)O. The third kappa shape index (κ3) is 1.84. The first-order chi connectivity index (χ1) is 8.49. The summed E-state index contributed by atoms with van der Waals surface area (Å²) in [5.41, 5.74) is 0. The molecule has 1 heterocycles. The van der Waals surface area contributed by atoms with Crippen molar-refractivity contribution in [2.45, 2.75) is 11.2 Å². The summed E-state index contributed by atoms with van der Waals surface area (Å²) in [6.45, 7) is 0. The number of aliphatic carboxylic acids is 1. The smallest absolute Gasteiger partial charge is 0.371 e. The van der Waals surface area contributed by atoms with Crippen LogP contribution in [-0.4, -0.2) is 35.3 Å². The molecule has 0 aromatic heterocycles. The lowest BCUT2D eigenvalue weighted by Gasteiger charge is -2.35. The number of hydrogen-bond donors (Lipinski definition) is 1. The third-order valence-electron chi connectivity index (χ3n) is 2.38. The Kier molecular flexibility index (Phi) is 3.04. The summed E-state index contributed by atoms with van der Waals surface area (Å²) < 4.78 is 14.9. The van der Waals surface area contributed by atoms with E-state index < -0.39 is 23.1 Å². The quantitative estimate of drug-likeness (QED) is 0.639. The highest BCUT2D eigenvalue weighted by Crippen LogP contribution is 2.40. The molecule has 0 amide bonds. The number of benzene rings is 1. The van der Waals surface area contributed by atoms with Gasteiger partial charge in [-0.15, -0.1) is 0 Å². The Hall–Kier alpha value is -1.95. The number of carbonyl (C=O) groups excluding carboxylic acids is 1. The molecular formula is C11H9ClO6. The zero-order valence-corrected chi connectivity index (χ0v) is 10.0. The van der Waals surface area contributed by atoms with Crippen molar-refractivity contribution in [3.63, 3.8) is 0 Å². The molecule has 1 aromatic carbocycles. The predicted octanol–water partition coefficient (Wildman–Crippen LogP) is 1.02. The van der Waals surface area contributed by atoms with Crippen LogP contribution in [0, 0.1) is 0 Å². The van der Waals surface area contributed by atoms with Gasteiger partial charge in [0, 0.05) is 0 Å². The molecule has 2 unspecified atom stereocenters. The third-order valence-corrected chi connectivity index (χ3v) is 2.81. The second kappa shape index (κ2) is 4.38. The van der Waals surface area contributed by atoms with Crippen molar-refractivity contribution in [1.29, 1.82) is 0 Å². The molecular weight excluding hydrogens is 264 g/mol. The van der Waals surface area contributed by atoms with E-state index in [4.69, 9.17) is 26.2 Å². The molecule has 2 atom stereocenters. The molecule has 1 aliphatic rings. The Morgan fingerprint density at radius 2 is 2.00 bits per heavy atom. The van der Waals surface area contributed by atoms with Crippen LogP contribution in [0.4, 0.5) is 0 Å². The highest BCUT2D eigenvalue weighted by Gasteiger charge is 2.57. The number of para-hydroxylation sites is 2. The van der Waals surface area contributed by atoms with E-state index in [1.807, 2.05) is 0 Å². The number of methoxy groups -OCH3 is 1. The van der Waals surface area contributed by atoms with Gasteiger partial charge in [0.15, 0.2) is 11.5 Å². The summed E-state index contributed by atoms with van der Waals surface area (Å²) in [5, 5.41) is 6.81. The number of carboxylic acids is 1. The second-order valence-corrected chi connectivity index (χ2v) is 4.08. The second-order valence-electron chi connectivity index (χ2n) is 3.52. The van der Waals surface area contributed by atoms with Crippen LogP contribution in [-0.2, 0) is 14.3 Å². The first kappa shape index (κ1) is 12.5. The van der Waals surface area contributed by atoms with Gasteiger partial charge >= 0.3 is 17.0 Å². The average molecular weight is 273 g/mol. The minimum atomic E-state index is -2.24. The van der Waals surface area contributed by atoms with Gasteiger partial charge in [0.05, 0.1) is 7.11 Å². The molecule has 1 N–H and O–H groups in total. The van der Waals surface area contributed by atoms with Crippen molar-refractivity contribution in [1.82, 2.24) is 0 Å². The van der Waals surface area contributed by atoms with Gasteiger partial charge in [-0.2, -0.15) is 0 Å². The summed E-state index contributed by atoms with van der Waals surface area (Å²) in [4.78, 5) is 22.7. The van der Waals surface area contributed by atoms with Crippen LogP contribution >= 0.6 is 11.6 Å². The van der Waals surface area contributed by atoms with Gasteiger partial charge in [-0.25, -0.2) is 9.59 Å². The van der Waals surface area contributed by atoms with Gasteiger partial charge in [-0.05, 0) is 12.1 Å². The van der Waals surface area contributed by atoms with Gasteiger partial charge in [0.25, 0.3) is 6.10 Å². The molecule has 1 aliphatic heterocycles. The lowest BCUT2D eigenvalue weighted by Crippen LogP contribution is -2.58. The normalized spacial score (nSPS) is 25.3. The van der Waals surface area contributed by atoms with E-state index in [2.05, 4.69) is 4.74 Å². The van der Waals surface area contributed by atoms with Gasteiger partial charge in [-0.1, -0.05) is 23.7 Å². The molecule has 0 saturated carbocycles. The van der Waals surface area contributed by atoms with Crippen molar-refractivity contribution in [3.8, 4) is 11.5 Å². The van der Waals surface area contributed by atoms with E-state index in [1.165, 1.54) is 12.1 Å². The van der Waals surface area contributed by atoms with Gasteiger partial charge in [-0.3, -0.25) is 0 Å². The maximum absolute atomic E-state index is 11.6. The Morgan fingerprint density at radius 1 is 1.39 bits per heavy atom. The summed E-state index contributed by atoms with van der Waals surface area (Å²) >= 11 is 5.91. The number of fused-ring (bicyclic) bond motifs is 1. The maximum atomic E-state index is 11.6. The molecule has 0 aliphatic carbocycles. The van der Waals surface area contributed by atoms with E-state index in [1.54, 1.807) is 12.1 Å². The van der Waals surface area contributed by atoms with Crippen LogP contribution in [0.5, 0.6) is 11.5 Å². The lowest BCUT2D eigenvalue weighted by molar-refractivity contribution is -0.171. The molecule has 96 valence electrons. The zero-order valence-electron chi connectivity index (χ0n) is 9.25. The Morgan fingerprint density at radius 3 is 2.56 bits per heavy atom. The van der Waals surface area contributed by atoms with Crippen molar-refractivity contribution >= 4 is 23.5 Å². The summed E-state index contributed by atoms with van der Waals surface area (Å²) in [7, 11) is 1.08. The Labute approximate surface area is 107 Å². The standard InChI is InChI=1S/C11H9ClO6/c1-16-10(15)11(12)8(9(13)14)17-6-4-2-3-5-7(6)18-11/h2-5,8H,1H3,(H,13,14). The minimum absolute atomic E-state index is 0.176. The summed E-state index contributed by atoms with van der Waals surface area (Å²) in [6, 6.07) is 6.30. The molecule has 0 radical (unpaired) electrons. The lowest BCUT2D eigenvalue weighted by atomic mass is 10.1. The summed E-state index contributed by atoms with van der Waals surface area (Å²) in [5.74, 6) is -2.09. The van der Waals surface area contributed by atoms with Crippen LogP contribution < -0.4 is 9.47 Å². The Balaban J connectivity index is 2.47. The fraction of sp³-hybridized carbons (Fsp3) is 0.273. The van der Waals surface area contributed by atoms with Gasteiger partial charge in [0.1, 0.15) is 0 Å². The Bertz CT molecular complexity index is 502. The van der Waals surface area contributed by atoms with Gasteiger partial charge in [0.2, 0.25) is 0 Å². The molecule has 18 heavy (non-hydrogen) atoms. The predicted molar refractivity (Wildman–Crippen MR) is 59.7 cm³/mol. The van der Waals surface area contributed by atoms with E-state index in [0.29, 0.717) is 0 Å². The van der Waals surface area contributed by atoms with Crippen LogP contribution in [0.25, 0.3) is 0 Å². The molecule has 6 nitrogen and oxygen atoms in total. The molecule has 1 aromatic rings. The van der Waals surface area contributed by atoms with Gasteiger partial charge < -0.3 is 19.3 Å². The topological polar surface area (TPSA) is 82.1 Å². The van der Waals surface area contributed by atoms with Crippen LogP contribution in [0.1, 0.15) is 0 Å². The number of halogens is 1. The van der Waals surface area contributed by atoms with Crippen molar-refractivity contribution in [2.75, 3.05) is 7.11 Å². The van der Waals surface area contributed by atoms with E-state index >= 15 is 0 Å². The fourth-order valence-electron chi connectivity index (χ4n) is 1.55. The molecule has 0 bridgehead atoms. The first-order valence-corrected chi connectivity index (χ1v) is 5.31. The minimum Gasteiger partial charge on any atom is -0.478 e. The largest absolute Gasteiger partial charge is 0.478 e. The number of rotatable bonds is 2. The molecule has 0 spiro atoms. The number of hydrogen-bond acceptors (Lipinski definition) is 5. The number of ether oxygens (including phenoxy) is 3. The number of esters is 1. The zero-order chi connectivity index (χ0) is 13.3. The molecule has 0 saturated heterocycles. The molecule has 7 heteroatoms. The number of carboxylic acid groups (broad SMARTS) is 1. The first-order valence-electron chi connectivity index (χ1n) is 4.94. The number of carbonyl (C=O) groups is 2. The monoisotopic (exact) mass is 272 g/mol. The average Bonchev–Trinajstić information content (AvgIpc) is 2.36. The maximum Gasteiger partial charge on any atom is 0.371 e. The highest BCUT2D eigenvalue weighted by atomic mass is 35.5. The molecule has 0 fully saturated rings. The van der Waals surface area contributed by atoms with E-state index in [-0.39, 0.29) is 11.5 Å². The molecule has 2 rings (SSSR count). The van der Waals surface area contributed by atoms with Crippen molar-refractivity contribution in [3.05, 3.63) is 24.3 Å².